The Morgan fingerprint density at radius 2 is 1.97 bits per heavy atom. The summed E-state index contributed by atoms with van der Waals surface area (Å²) in [5.74, 6) is -1.10. The highest BCUT2D eigenvalue weighted by atomic mass is 32.2. The van der Waals surface area contributed by atoms with Gasteiger partial charge in [-0.05, 0) is 53.6 Å². The van der Waals surface area contributed by atoms with Gasteiger partial charge in [0.2, 0.25) is 11.9 Å². The molecule has 4 N–H and O–H groups in total. The largest absolute Gasteiger partial charge is 0.369 e. The van der Waals surface area contributed by atoms with Crippen LogP contribution in [0.25, 0.3) is 15.8 Å². The number of halogens is 1. The lowest BCUT2D eigenvalue weighted by Gasteiger charge is -2.06. The summed E-state index contributed by atoms with van der Waals surface area (Å²) in [6, 6.07) is 9.80. The maximum absolute atomic E-state index is 13.0. The predicted molar refractivity (Wildman–Crippen MR) is 120 cm³/mol. The zero-order valence-corrected chi connectivity index (χ0v) is 17.9. The molecule has 0 bridgehead atoms. The zero-order valence-electron chi connectivity index (χ0n) is 16.3. The molecule has 0 saturated heterocycles. The number of thiazole rings is 1. The van der Waals surface area contributed by atoms with Crippen molar-refractivity contribution in [3.05, 3.63) is 72.7 Å². The molecule has 1 aromatic heterocycles. The van der Waals surface area contributed by atoms with Crippen LogP contribution in [0, 0.1) is 5.82 Å². The molecule has 0 saturated carbocycles. The van der Waals surface area contributed by atoms with E-state index in [0.717, 1.165) is 40.0 Å². The van der Waals surface area contributed by atoms with E-state index in [1.807, 2.05) is 12.1 Å². The van der Waals surface area contributed by atoms with Gasteiger partial charge in [-0.3, -0.25) is 4.79 Å². The Morgan fingerprint density at radius 1 is 1.26 bits per heavy atom. The molecular formula is C20H18FN5O3S2. The Labute approximate surface area is 182 Å². The fourth-order valence-electron chi connectivity index (χ4n) is 2.47. The molecule has 31 heavy (non-hydrogen) atoms. The second kappa shape index (κ2) is 9.06. The number of amides is 1. The third-order valence-electron chi connectivity index (χ3n) is 3.89. The van der Waals surface area contributed by atoms with Crippen molar-refractivity contribution in [2.24, 2.45) is 10.7 Å². The Kier molecular flexibility index (Phi) is 6.47. The van der Waals surface area contributed by atoms with Gasteiger partial charge in [0, 0.05) is 13.1 Å². The van der Waals surface area contributed by atoms with Crippen LogP contribution in [0.5, 0.6) is 0 Å². The zero-order chi connectivity index (χ0) is 22.6. The average Bonchev–Trinajstić information content (AvgIpc) is 3.08. The van der Waals surface area contributed by atoms with Crippen LogP contribution in [-0.2, 0) is 14.8 Å². The molecule has 3 aromatic rings. The minimum absolute atomic E-state index is 0.142. The third-order valence-corrected chi connectivity index (χ3v) is 6.20. The lowest BCUT2D eigenvalue weighted by atomic mass is 10.1. The molecule has 1 amide bonds. The number of benzene rings is 2. The fraction of sp³-hybridized carbons (Fsp3) is 0.0500. The topological polar surface area (TPSA) is 127 Å². The molecule has 11 heteroatoms. The molecule has 0 unspecified atom stereocenters. The van der Waals surface area contributed by atoms with Crippen molar-refractivity contribution in [2.75, 3.05) is 5.32 Å². The Balaban J connectivity index is 1.69. The summed E-state index contributed by atoms with van der Waals surface area (Å²) in [5, 5.41) is 3.15. The monoisotopic (exact) mass is 459 g/mol. The second-order valence-corrected chi connectivity index (χ2v) is 9.01. The van der Waals surface area contributed by atoms with Gasteiger partial charge < -0.3 is 11.1 Å². The van der Waals surface area contributed by atoms with Gasteiger partial charge in [0.05, 0.1) is 15.1 Å². The average molecular weight is 460 g/mol. The standard InChI is InChI=1S/C20H18FN5O3S2/c1-12(14-3-8-17-18(11-14)30-20(25-17)24-13(2)27)9-10-23-19(22)26-31(28,29)16-6-4-15(21)5-7-16/h3-11H,1H2,2H3,(H3,22,23,26)(H,24,25,27)/b10-9-. The molecule has 160 valence electrons. The van der Waals surface area contributed by atoms with E-state index in [0.29, 0.717) is 10.7 Å². The molecule has 0 atom stereocenters. The van der Waals surface area contributed by atoms with Crippen LogP contribution in [0.4, 0.5) is 9.52 Å². The van der Waals surface area contributed by atoms with E-state index < -0.39 is 15.8 Å². The van der Waals surface area contributed by atoms with E-state index >= 15 is 0 Å². The van der Waals surface area contributed by atoms with Crippen LogP contribution in [-0.4, -0.2) is 25.3 Å². The molecule has 0 aliphatic carbocycles. The summed E-state index contributed by atoms with van der Waals surface area (Å²) < 4.78 is 40.3. The quantitative estimate of drug-likeness (QED) is 0.296. The molecule has 8 nitrogen and oxygen atoms in total. The number of guanidine groups is 1. The summed E-state index contributed by atoms with van der Waals surface area (Å²) in [5.41, 5.74) is 7.77. The first kappa shape index (κ1) is 22.1. The van der Waals surface area contributed by atoms with E-state index in [1.165, 1.54) is 24.5 Å². The van der Waals surface area contributed by atoms with Crippen LogP contribution in [0.3, 0.4) is 0 Å². The number of carbonyl (C=O) groups excluding carboxylic acids is 1. The first-order valence-corrected chi connectivity index (χ1v) is 11.1. The van der Waals surface area contributed by atoms with Gasteiger partial charge in [0.25, 0.3) is 10.0 Å². The number of rotatable bonds is 6. The molecule has 0 aliphatic rings. The van der Waals surface area contributed by atoms with E-state index in [1.54, 1.807) is 12.1 Å². The number of hydrogen-bond donors (Lipinski definition) is 3. The van der Waals surface area contributed by atoms with Gasteiger partial charge in [-0.15, -0.1) is 0 Å². The Morgan fingerprint density at radius 3 is 2.65 bits per heavy atom. The number of aromatic nitrogens is 1. The summed E-state index contributed by atoms with van der Waals surface area (Å²) >= 11 is 1.34. The first-order valence-electron chi connectivity index (χ1n) is 8.80. The van der Waals surface area contributed by atoms with Crippen LogP contribution < -0.4 is 15.8 Å². The summed E-state index contributed by atoms with van der Waals surface area (Å²) in [6.45, 7) is 5.37. The minimum Gasteiger partial charge on any atom is -0.369 e. The van der Waals surface area contributed by atoms with Crippen molar-refractivity contribution in [3.8, 4) is 0 Å². The summed E-state index contributed by atoms with van der Waals surface area (Å²) in [7, 11) is -3.97. The van der Waals surface area contributed by atoms with E-state index in [2.05, 4.69) is 26.6 Å². The summed E-state index contributed by atoms with van der Waals surface area (Å²) in [6.07, 6.45) is 2.88. The van der Waals surface area contributed by atoms with Gasteiger partial charge in [0.1, 0.15) is 5.82 Å². The molecular weight excluding hydrogens is 441 g/mol. The fourth-order valence-corrected chi connectivity index (χ4v) is 4.36. The molecule has 0 aliphatic heterocycles. The lowest BCUT2D eigenvalue weighted by Crippen LogP contribution is -2.36. The number of nitrogens with one attached hydrogen (secondary N) is 2. The number of fused-ring (bicyclic) bond motifs is 1. The molecule has 0 fully saturated rings. The lowest BCUT2D eigenvalue weighted by molar-refractivity contribution is -0.114. The number of allylic oxidation sites excluding steroid dienone is 2. The third kappa shape index (κ3) is 5.74. The summed E-state index contributed by atoms with van der Waals surface area (Å²) in [4.78, 5) is 19.2. The number of nitrogens with two attached hydrogens (primary N) is 1. The number of anilines is 1. The first-order chi connectivity index (χ1) is 14.6. The van der Waals surface area contributed by atoms with Crippen LogP contribution in [0.2, 0.25) is 0 Å². The van der Waals surface area contributed by atoms with Crippen LogP contribution in [0.15, 0.2) is 71.2 Å². The maximum atomic E-state index is 13.0. The number of sulfonamides is 1. The van der Waals surface area contributed by atoms with Crippen molar-refractivity contribution < 1.29 is 17.6 Å². The van der Waals surface area contributed by atoms with Gasteiger partial charge >= 0.3 is 0 Å². The van der Waals surface area contributed by atoms with Gasteiger partial charge in [0.15, 0.2) is 5.13 Å². The molecule has 2 aromatic carbocycles. The highest BCUT2D eigenvalue weighted by molar-refractivity contribution is 7.90. The SMILES string of the molecule is C=C(/C=C\N=C(/N)NS(=O)(=O)c1ccc(F)cc1)c1ccc2nc(NC(C)=O)sc2c1. The molecule has 3 rings (SSSR count). The highest BCUT2D eigenvalue weighted by Crippen LogP contribution is 2.28. The van der Waals surface area contributed by atoms with E-state index in [-0.39, 0.29) is 16.8 Å². The predicted octanol–water partition coefficient (Wildman–Crippen LogP) is 3.21. The Hall–Kier alpha value is -3.57. The van der Waals surface area contributed by atoms with E-state index in [9.17, 15) is 17.6 Å². The molecule has 0 radical (unpaired) electrons. The highest BCUT2D eigenvalue weighted by Gasteiger charge is 2.14. The number of carbonyl (C=O) groups is 1. The maximum Gasteiger partial charge on any atom is 0.264 e. The van der Waals surface area contributed by atoms with Crippen molar-refractivity contribution in [3.63, 3.8) is 0 Å². The second-order valence-electron chi connectivity index (χ2n) is 6.30. The van der Waals surface area contributed by atoms with Crippen molar-refractivity contribution >= 4 is 54.1 Å². The normalized spacial score (nSPS) is 12.3. The van der Waals surface area contributed by atoms with Gasteiger partial charge in [-0.1, -0.05) is 24.0 Å². The van der Waals surface area contributed by atoms with Crippen molar-refractivity contribution in [1.82, 2.24) is 9.71 Å². The molecule has 0 spiro atoms. The smallest absolute Gasteiger partial charge is 0.264 e. The van der Waals surface area contributed by atoms with Crippen molar-refractivity contribution in [2.45, 2.75) is 11.8 Å². The Bertz CT molecular complexity index is 1310. The van der Waals surface area contributed by atoms with Gasteiger partial charge in [-0.2, -0.15) is 0 Å². The van der Waals surface area contributed by atoms with Crippen molar-refractivity contribution in [1.29, 1.82) is 0 Å². The van der Waals surface area contributed by atoms with E-state index in [4.69, 9.17) is 5.73 Å². The number of hydrogen-bond acceptors (Lipinski definition) is 6. The number of nitrogens with zero attached hydrogens (tertiary/aromatic N) is 2. The minimum atomic E-state index is -3.97. The van der Waals surface area contributed by atoms with Crippen LogP contribution >= 0.6 is 11.3 Å². The molecule has 1 heterocycles. The van der Waals surface area contributed by atoms with Gasteiger partial charge in [-0.25, -0.2) is 27.5 Å². The van der Waals surface area contributed by atoms with Crippen LogP contribution in [0.1, 0.15) is 12.5 Å². The number of aliphatic imine (C=N–C) groups is 1.